The lowest BCUT2D eigenvalue weighted by molar-refractivity contribution is -0.386. The van der Waals surface area contributed by atoms with Crippen LogP contribution in [0, 0.1) is 15.9 Å². The van der Waals surface area contributed by atoms with Gasteiger partial charge in [0.2, 0.25) is 5.28 Å². The molecule has 9 heteroatoms. The first-order chi connectivity index (χ1) is 8.95. The Hall–Kier alpha value is -1.80. The second-order valence-corrected chi connectivity index (χ2v) is 4.55. The van der Waals surface area contributed by atoms with Crippen LogP contribution in [0.15, 0.2) is 28.9 Å². The number of ether oxygens (including phenoxy) is 1. The van der Waals surface area contributed by atoms with E-state index in [1.165, 1.54) is 12.1 Å². The summed E-state index contributed by atoms with van der Waals surface area (Å²) in [6.07, 6.45) is 0.916. The van der Waals surface area contributed by atoms with E-state index < -0.39 is 16.4 Å². The largest absolute Gasteiger partial charge is 0.433 e. The van der Waals surface area contributed by atoms with Gasteiger partial charge in [-0.05, 0) is 23.7 Å². The highest BCUT2D eigenvalue weighted by Crippen LogP contribution is 2.31. The summed E-state index contributed by atoms with van der Waals surface area (Å²) in [6, 6.07) is 3.71. The van der Waals surface area contributed by atoms with E-state index in [0.29, 0.717) is 4.47 Å². The van der Waals surface area contributed by atoms with Gasteiger partial charge in [0.25, 0.3) is 0 Å². The highest BCUT2D eigenvalue weighted by molar-refractivity contribution is 9.10. The quantitative estimate of drug-likeness (QED) is 0.480. The van der Waals surface area contributed by atoms with Crippen LogP contribution in [-0.2, 0) is 0 Å². The maximum Gasteiger partial charge on any atom is 0.349 e. The van der Waals surface area contributed by atoms with Crippen LogP contribution in [0.1, 0.15) is 0 Å². The molecule has 2 rings (SSSR count). The van der Waals surface area contributed by atoms with Crippen LogP contribution in [0.3, 0.4) is 0 Å². The average molecular weight is 349 g/mol. The molecule has 1 aromatic carbocycles. The van der Waals surface area contributed by atoms with Gasteiger partial charge in [0.05, 0.1) is 4.92 Å². The zero-order valence-corrected chi connectivity index (χ0v) is 11.4. The molecule has 6 nitrogen and oxygen atoms in total. The summed E-state index contributed by atoms with van der Waals surface area (Å²) in [5.74, 6) is -0.876. The fourth-order valence-corrected chi connectivity index (χ4v) is 1.81. The van der Waals surface area contributed by atoms with Crippen LogP contribution in [0.5, 0.6) is 11.6 Å². The molecule has 0 radical (unpaired) electrons. The number of nitro groups is 1. The van der Waals surface area contributed by atoms with Crippen LogP contribution in [0.4, 0.5) is 10.1 Å². The van der Waals surface area contributed by atoms with Crippen molar-refractivity contribution in [2.75, 3.05) is 0 Å². The Labute approximate surface area is 119 Å². The van der Waals surface area contributed by atoms with Crippen molar-refractivity contribution in [2.24, 2.45) is 0 Å². The monoisotopic (exact) mass is 347 g/mol. The normalized spacial score (nSPS) is 10.3. The Kier molecular flexibility index (Phi) is 3.91. The summed E-state index contributed by atoms with van der Waals surface area (Å²) in [6.45, 7) is 0. The van der Waals surface area contributed by atoms with Crippen molar-refractivity contribution in [2.45, 2.75) is 0 Å². The molecule has 1 aromatic heterocycles. The molecule has 0 saturated heterocycles. The number of nitrogens with zero attached hydrogens (tertiary/aromatic N) is 3. The van der Waals surface area contributed by atoms with Gasteiger partial charge in [-0.25, -0.2) is 9.37 Å². The third-order valence-corrected chi connectivity index (χ3v) is 2.59. The molecular weight excluding hydrogens is 344 g/mol. The lowest BCUT2D eigenvalue weighted by atomic mass is 10.3. The minimum atomic E-state index is -0.722. The molecule has 0 unspecified atom stereocenters. The molecule has 0 atom stereocenters. The van der Waals surface area contributed by atoms with Crippen molar-refractivity contribution in [1.29, 1.82) is 0 Å². The van der Waals surface area contributed by atoms with Crippen LogP contribution < -0.4 is 4.74 Å². The third-order valence-electron chi connectivity index (χ3n) is 1.95. The maximum atomic E-state index is 13.2. The Morgan fingerprint density at radius 3 is 2.79 bits per heavy atom. The number of benzene rings is 1. The third kappa shape index (κ3) is 3.36. The molecule has 0 bridgehead atoms. The lowest BCUT2D eigenvalue weighted by Crippen LogP contribution is -1.98. The maximum absolute atomic E-state index is 13.2. The lowest BCUT2D eigenvalue weighted by Gasteiger charge is -2.05. The second-order valence-electron chi connectivity index (χ2n) is 3.29. The molecule has 0 aliphatic heterocycles. The SMILES string of the molecule is O=[N+]([O-])c1cnc(Cl)nc1Oc1cc(F)cc(Br)c1. The average Bonchev–Trinajstić information content (AvgIpc) is 2.26. The predicted molar refractivity (Wildman–Crippen MR) is 67.9 cm³/mol. The van der Waals surface area contributed by atoms with Crippen molar-refractivity contribution >= 4 is 33.2 Å². The molecule has 1 heterocycles. The minimum Gasteiger partial charge on any atom is -0.433 e. The van der Waals surface area contributed by atoms with Gasteiger partial charge in [0.1, 0.15) is 17.8 Å². The number of hydrogen-bond donors (Lipinski definition) is 0. The van der Waals surface area contributed by atoms with Crippen LogP contribution in [-0.4, -0.2) is 14.9 Å². The van der Waals surface area contributed by atoms with Crippen molar-refractivity contribution < 1.29 is 14.1 Å². The number of aromatic nitrogens is 2. The van der Waals surface area contributed by atoms with Gasteiger partial charge in [-0.3, -0.25) is 10.1 Å². The molecular formula is C10H4BrClFN3O3. The van der Waals surface area contributed by atoms with Crippen LogP contribution in [0.2, 0.25) is 5.28 Å². The first-order valence-corrected chi connectivity index (χ1v) is 5.93. The van der Waals surface area contributed by atoms with Gasteiger partial charge < -0.3 is 4.74 Å². The van der Waals surface area contributed by atoms with Crippen LogP contribution in [0.25, 0.3) is 0 Å². The molecule has 0 aliphatic carbocycles. The van der Waals surface area contributed by atoms with Crippen molar-refractivity contribution in [3.8, 4) is 11.6 Å². The van der Waals surface area contributed by atoms with Crippen molar-refractivity contribution in [1.82, 2.24) is 9.97 Å². The molecule has 0 saturated carbocycles. The minimum absolute atomic E-state index is 0.0461. The first-order valence-electron chi connectivity index (χ1n) is 4.76. The Morgan fingerprint density at radius 1 is 1.42 bits per heavy atom. The summed E-state index contributed by atoms with van der Waals surface area (Å²) in [5, 5.41) is 10.6. The predicted octanol–water partition coefficient (Wildman–Crippen LogP) is 3.73. The van der Waals surface area contributed by atoms with Gasteiger partial charge >= 0.3 is 11.6 Å². The molecule has 98 valence electrons. The smallest absolute Gasteiger partial charge is 0.349 e. The Balaban J connectivity index is 2.42. The van der Waals surface area contributed by atoms with E-state index >= 15 is 0 Å². The van der Waals surface area contributed by atoms with Gasteiger partial charge in [-0.2, -0.15) is 4.98 Å². The van der Waals surface area contributed by atoms with Crippen LogP contribution >= 0.6 is 27.5 Å². The fraction of sp³-hybridized carbons (Fsp3) is 0. The van der Waals surface area contributed by atoms with E-state index in [0.717, 1.165) is 12.3 Å². The van der Waals surface area contributed by atoms with E-state index in [9.17, 15) is 14.5 Å². The summed E-state index contributed by atoms with van der Waals surface area (Å²) < 4.78 is 18.8. The Morgan fingerprint density at radius 2 is 2.16 bits per heavy atom. The van der Waals surface area contributed by atoms with E-state index in [1.54, 1.807) is 0 Å². The first kappa shape index (κ1) is 13.6. The highest BCUT2D eigenvalue weighted by atomic mass is 79.9. The number of hydrogen-bond acceptors (Lipinski definition) is 5. The molecule has 0 aliphatic rings. The van der Waals surface area contributed by atoms with Gasteiger partial charge in [-0.1, -0.05) is 15.9 Å². The van der Waals surface area contributed by atoms with E-state index in [4.69, 9.17) is 16.3 Å². The topological polar surface area (TPSA) is 78.2 Å². The molecule has 0 N–H and O–H groups in total. The van der Waals surface area contributed by atoms with Gasteiger partial charge in [0.15, 0.2) is 0 Å². The van der Waals surface area contributed by atoms with E-state index in [2.05, 4.69) is 25.9 Å². The van der Waals surface area contributed by atoms with Gasteiger partial charge in [-0.15, -0.1) is 0 Å². The zero-order valence-electron chi connectivity index (χ0n) is 9.01. The fourth-order valence-electron chi connectivity index (χ4n) is 1.24. The summed E-state index contributed by atoms with van der Waals surface area (Å²) >= 11 is 8.62. The second kappa shape index (κ2) is 5.45. The molecule has 0 amide bonds. The highest BCUT2D eigenvalue weighted by Gasteiger charge is 2.19. The van der Waals surface area contributed by atoms with Crippen molar-refractivity contribution in [3.05, 3.63) is 50.1 Å². The van der Waals surface area contributed by atoms with E-state index in [-0.39, 0.29) is 16.9 Å². The zero-order chi connectivity index (χ0) is 14.0. The molecule has 0 spiro atoms. The van der Waals surface area contributed by atoms with Crippen molar-refractivity contribution in [3.63, 3.8) is 0 Å². The summed E-state index contributed by atoms with van der Waals surface area (Å²) in [4.78, 5) is 17.1. The molecule has 19 heavy (non-hydrogen) atoms. The number of rotatable bonds is 3. The molecule has 2 aromatic rings. The van der Waals surface area contributed by atoms with Gasteiger partial charge in [0, 0.05) is 10.5 Å². The Bertz CT molecular complexity index is 636. The standard InChI is InChI=1S/C10H4BrClFN3O3/c11-5-1-6(13)3-7(2-5)19-9-8(16(17)18)4-14-10(12)15-9/h1-4H. The number of halogens is 3. The van der Waals surface area contributed by atoms with E-state index in [1.807, 2.05) is 0 Å². The summed E-state index contributed by atoms with van der Waals surface area (Å²) in [7, 11) is 0. The summed E-state index contributed by atoms with van der Waals surface area (Å²) in [5.41, 5.74) is -0.468. The molecule has 0 fully saturated rings.